The topological polar surface area (TPSA) is 56.7 Å². The lowest BCUT2D eigenvalue weighted by atomic mass is 10.3. The molecule has 5 heteroatoms. The van der Waals surface area contributed by atoms with Crippen LogP contribution in [0, 0.1) is 5.82 Å². The van der Waals surface area contributed by atoms with Crippen LogP contribution in [0.1, 0.15) is 0 Å². The molecule has 66 valence electrons. The van der Waals surface area contributed by atoms with Crippen molar-refractivity contribution < 1.29 is 4.39 Å². The number of nitrogen functional groups attached to an aromatic ring is 1. The van der Waals surface area contributed by atoms with Gasteiger partial charge in [-0.2, -0.15) is 4.68 Å². The van der Waals surface area contributed by atoms with Crippen LogP contribution in [0.4, 0.5) is 10.2 Å². The maximum atomic E-state index is 12.8. The van der Waals surface area contributed by atoms with Crippen molar-refractivity contribution in [3.63, 3.8) is 0 Å². The quantitative estimate of drug-likeness (QED) is 0.708. The SMILES string of the molecule is Nc1cnnn1-c1cccc(F)c1. The van der Waals surface area contributed by atoms with Crippen molar-refractivity contribution >= 4 is 5.82 Å². The first-order valence-electron chi connectivity index (χ1n) is 3.69. The summed E-state index contributed by atoms with van der Waals surface area (Å²) in [5.74, 6) is 0.0537. The minimum atomic E-state index is -0.326. The second kappa shape index (κ2) is 2.85. The lowest BCUT2D eigenvalue weighted by molar-refractivity contribution is 0.625. The van der Waals surface area contributed by atoms with Gasteiger partial charge in [-0.05, 0) is 18.2 Å². The van der Waals surface area contributed by atoms with Crippen molar-refractivity contribution in [3.05, 3.63) is 36.3 Å². The molecule has 0 saturated carbocycles. The van der Waals surface area contributed by atoms with Gasteiger partial charge in [-0.15, -0.1) is 5.10 Å². The summed E-state index contributed by atoms with van der Waals surface area (Å²) in [7, 11) is 0. The Morgan fingerprint density at radius 2 is 2.23 bits per heavy atom. The first-order valence-corrected chi connectivity index (χ1v) is 3.69. The number of nitrogens with two attached hydrogens (primary N) is 1. The molecule has 0 saturated heterocycles. The summed E-state index contributed by atoms with van der Waals surface area (Å²) in [5.41, 5.74) is 6.10. The summed E-state index contributed by atoms with van der Waals surface area (Å²) in [5, 5.41) is 7.30. The fourth-order valence-electron chi connectivity index (χ4n) is 1.05. The van der Waals surface area contributed by atoms with Crippen LogP contribution in [0.5, 0.6) is 0 Å². The first-order chi connectivity index (χ1) is 6.27. The standard InChI is InChI=1S/C8H7FN4/c9-6-2-1-3-7(4-6)13-8(10)5-11-12-13/h1-5H,10H2. The van der Waals surface area contributed by atoms with Gasteiger partial charge in [-0.3, -0.25) is 0 Å². The van der Waals surface area contributed by atoms with Gasteiger partial charge in [0.25, 0.3) is 0 Å². The predicted octanol–water partition coefficient (Wildman–Crippen LogP) is 0.989. The highest BCUT2D eigenvalue weighted by molar-refractivity contribution is 5.39. The Morgan fingerprint density at radius 3 is 2.85 bits per heavy atom. The average molecular weight is 178 g/mol. The number of benzene rings is 1. The van der Waals surface area contributed by atoms with Crippen molar-refractivity contribution in [2.45, 2.75) is 0 Å². The van der Waals surface area contributed by atoms with Gasteiger partial charge in [-0.1, -0.05) is 11.3 Å². The van der Waals surface area contributed by atoms with Crippen LogP contribution in [0.3, 0.4) is 0 Å². The molecular formula is C8H7FN4. The van der Waals surface area contributed by atoms with E-state index in [2.05, 4.69) is 10.3 Å². The van der Waals surface area contributed by atoms with E-state index in [9.17, 15) is 4.39 Å². The number of halogens is 1. The van der Waals surface area contributed by atoms with Crippen molar-refractivity contribution in [2.24, 2.45) is 0 Å². The van der Waals surface area contributed by atoms with Crippen molar-refractivity contribution in [3.8, 4) is 5.69 Å². The van der Waals surface area contributed by atoms with Crippen LogP contribution in [0.15, 0.2) is 30.5 Å². The van der Waals surface area contributed by atoms with E-state index < -0.39 is 0 Å². The Balaban J connectivity index is 2.53. The van der Waals surface area contributed by atoms with Crippen LogP contribution in [-0.4, -0.2) is 15.0 Å². The molecule has 0 aliphatic rings. The molecule has 0 atom stereocenters. The van der Waals surface area contributed by atoms with E-state index in [-0.39, 0.29) is 5.82 Å². The monoisotopic (exact) mass is 178 g/mol. The molecule has 0 unspecified atom stereocenters. The highest BCUT2D eigenvalue weighted by Gasteiger charge is 2.02. The predicted molar refractivity (Wildman–Crippen MR) is 45.7 cm³/mol. The molecule has 0 radical (unpaired) electrons. The van der Waals surface area contributed by atoms with Gasteiger partial charge in [0.1, 0.15) is 11.6 Å². The molecule has 1 aromatic heterocycles. The zero-order valence-electron chi connectivity index (χ0n) is 6.68. The summed E-state index contributed by atoms with van der Waals surface area (Å²) in [6.45, 7) is 0. The largest absolute Gasteiger partial charge is 0.382 e. The molecule has 0 aliphatic carbocycles. The summed E-state index contributed by atoms with van der Waals surface area (Å²) >= 11 is 0. The van der Waals surface area contributed by atoms with Gasteiger partial charge in [0.2, 0.25) is 0 Å². The van der Waals surface area contributed by atoms with Crippen LogP contribution in [0.2, 0.25) is 0 Å². The van der Waals surface area contributed by atoms with Crippen molar-refractivity contribution in [1.82, 2.24) is 15.0 Å². The van der Waals surface area contributed by atoms with E-state index >= 15 is 0 Å². The van der Waals surface area contributed by atoms with Crippen LogP contribution in [0.25, 0.3) is 5.69 Å². The van der Waals surface area contributed by atoms with Gasteiger partial charge in [0.05, 0.1) is 11.9 Å². The molecule has 13 heavy (non-hydrogen) atoms. The number of hydrogen-bond acceptors (Lipinski definition) is 3. The Labute approximate surface area is 73.8 Å². The highest BCUT2D eigenvalue weighted by Crippen LogP contribution is 2.11. The number of rotatable bonds is 1. The fraction of sp³-hybridized carbons (Fsp3) is 0. The molecule has 2 rings (SSSR count). The van der Waals surface area contributed by atoms with Gasteiger partial charge in [0.15, 0.2) is 0 Å². The Kier molecular flexibility index (Phi) is 1.70. The highest BCUT2D eigenvalue weighted by atomic mass is 19.1. The molecule has 2 N–H and O–H groups in total. The maximum Gasteiger partial charge on any atom is 0.147 e. The second-order valence-electron chi connectivity index (χ2n) is 2.55. The third-order valence-electron chi connectivity index (χ3n) is 1.63. The maximum absolute atomic E-state index is 12.8. The van der Waals surface area contributed by atoms with Gasteiger partial charge >= 0.3 is 0 Å². The summed E-state index contributed by atoms with van der Waals surface area (Å²) in [4.78, 5) is 0. The summed E-state index contributed by atoms with van der Waals surface area (Å²) in [6, 6.07) is 5.99. The van der Waals surface area contributed by atoms with E-state index in [1.54, 1.807) is 12.1 Å². The number of anilines is 1. The minimum Gasteiger partial charge on any atom is -0.382 e. The van der Waals surface area contributed by atoms with E-state index in [1.165, 1.54) is 23.0 Å². The normalized spacial score (nSPS) is 10.2. The number of aromatic nitrogens is 3. The Morgan fingerprint density at radius 1 is 1.38 bits per heavy atom. The second-order valence-corrected chi connectivity index (χ2v) is 2.55. The van der Waals surface area contributed by atoms with Gasteiger partial charge in [0, 0.05) is 0 Å². The summed E-state index contributed by atoms with van der Waals surface area (Å²) in [6.07, 6.45) is 1.41. The third kappa shape index (κ3) is 1.35. The molecule has 0 spiro atoms. The molecule has 0 bridgehead atoms. The van der Waals surface area contributed by atoms with E-state index in [0.717, 1.165) is 0 Å². The number of hydrogen-bond donors (Lipinski definition) is 1. The van der Waals surface area contributed by atoms with E-state index in [0.29, 0.717) is 11.5 Å². The molecule has 0 fully saturated rings. The summed E-state index contributed by atoms with van der Waals surface area (Å²) < 4.78 is 14.2. The lowest BCUT2D eigenvalue weighted by Crippen LogP contribution is -2.01. The third-order valence-corrected chi connectivity index (χ3v) is 1.63. The minimum absolute atomic E-state index is 0.326. The smallest absolute Gasteiger partial charge is 0.147 e. The molecule has 2 aromatic rings. The van der Waals surface area contributed by atoms with Gasteiger partial charge < -0.3 is 5.73 Å². The van der Waals surface area contributed by atoms with E-state index in [4.69, 9.17) is 5.73 Å². The molecular weight excluding hydrogens is 171 g/mol. The zero-order chi connectivity index (χ0) is 9.26. The Hall–Kier alpha value is -1.91. The molecule has 1 heterocycles. The van der Waals surface area contributed by atoms with Gasteiger partial charge in [-0.25, -0.2) is 4.39 Å². The van der Waals surface area contributed by atoms with E-state index in [1.807, 2.05) is 0 Å². The molecule has 0 amide bonds. The van der Waals surface area contributed by atoms with Crippen LogP contribution in [-0.2, 0) is 0 Å². The van der Waals surface area contributed by atoms with Crippen LogP contribution >= 0.6 is 0 Å². The van der Waals surface area contributed by atoms with Crippen LogP contribution < -0.4 is 5.73 Å². The molecule has 1 aromatic carbocycles. The van der Waals surface area contributed by atoms with Crippen molar-refractivity contribution in [2.75, 3.05) is 5.73 Å². The lowest BCUT2D eigenvalue weighted by Gasteiger charge is -2.01. The molecule has 0 aliphatic heterocycles. The average Bonchev–Trinajstić information content (AvgIpc) is 2.51. The van der Waals surface area contributed by atoms with Crippen molar-refractivity contribution in [1.29, 1.82) is 0 Å². The Bertz CT molecular complexity index is 424. The number of nitrogens with zero attached hydrogens (tertiary/aromatic N) is 3. The fourth-order valence-corrected chi connectivity index (χ4v) is 1.05. The molecule has 4 nitrogen and oxygen atoms in total. The zero-order valence-corrected chi connectivity index (χ0v) is 6.68. The first kappa shape index (κ1) is 7.72.